The van der Waals surface area contributed by atoms with Gasteiger partial charge in [-0.3, -0.25) is 0 Å². The van der Waals surface area contributed by atoms with Crippen molar-refractivity contribution in [3.05, 3.63) is 40.9 Å². The van der Waals surface area contributed by atoms with Crippen LogP contribution < -0.4 is 14.9 Å². The largest absolute Gasteiger partial charge is 0.497 e. The average molecular weight is 305 g/mol. The fourth-order valence-electron chi connectivity index (χ4n) is 1.95. The maximum Gasteiger partial charge on any atom is 0.144 e. The van der Waals surface area contributed by atoms with Crippen LogP contribution in [0.15, 0.2) is 40.9 Å². The molecule has 0 spiro atoms. The summed E-state index contributed by atoms with van der Waals surface area (Å²) in [5.41, 5.74) is 3.29. The lowest BCUT2D eigenvalue weighted by atomic mass is 9.91. The van der Waals surface area contributed by atoms with Crippen LogP contribution in [-0.4, -0.2) is 22.1 Å². The molecule has 0 unspecified atom stereocenters. The van der Waals surface area contributed by atoms with Crippen LogP contribution in [0, 0.1) is 0 Å². The van der Waals surface area contributed by atoms with Crippen molar-refractivity contribution in [3.8, 4) is 22.6 Å². The second-order valence-electron chi connectivity index (χ2n) is 4.03. The third kappa shape index (κ3) is 2.54. The standard InChI is InChI=1S/C14H14BBrO2/c1-17-13-6-4-10(16)8-11(13)9-3-5-14(18-2)12(15)7-9/h3-8H,15H2,1-2H3. The zero-order valence-corrected chi connectivity index (χ0v) is 12.2. The second-order valence-corrected chi connectivity index (χ2v) is 4.94. The van der Waals surface area contributed by atoms with E-state index in [1.165, 1.54) is 0 Å². The first-order valence-electron chi connectivity index (χ1n) is 5.64. The summed E-state index contributed by atoms with van der Waals surface area (Å²) in [6, 6.07) is 12.1. The number of rotatable bonds is 3. The van der Waals surface area contributed by atoms with E-state index in [-0.39, 0.29) is 0 Å². The minimum atomic E-state index is 0.864. The van der Waals surface area contributed by atoms with Crippen LogP contribution in [0.25, 0.3) is 11.1 Å². The molecular formula is C14H14BBrO2. The lowest BCUT2D eigenvalue weighted by Gasteiger charge is -2.11. The van der Waals surface area contributed by atoms with E-state index in [1.54, 1.807) is 14.2 Å². The zero-order valence-electron chi connectivity index (χ0n) is 10.7. The Balaban J connectivity index is 2.54. The molecule has 18 heavy (non-hydrogen) atoms. The molecule has 2 aromatic rings. The molecule has 0 N–H and O–H groups in total. The van der Waals surface area contributed by atoms with Gasteiger partial charge < -0.3 is 9.47 Å². The number of methoxy groups -OCH3 is 2. The van der Waals surface area contributed by atoms with Gasteiger partial charge >= 0.3 is 0 Å². The third-order valence-corrected chi connectivity index (χ3v) is 3.36. The van der Waals surface area contributed by atoms with Gasteiger partial charge in [0.2, 0.25) is 0 Å². The third-order valence-electron chi connectivity index (χ3n) is 2.87. The summed E-state index contributed by atoms with van der Waals surface area (Å²) in [7, 11) is 5.40. The van der Waals surface area contributed by atoms with Crippen molar-refractivity contribution >= 4 is 29.2 Å². The number of hydrogen-bond acceptors (Lipinski definition) is 2. The number of hydrogen-bond donors (Lipinski definition) is 0. The van der Waals surface area contributed by atoms with Crippen LogP contribution in [0.1, 0.15) is 0 Å². The van der Waals surface area contributed by atoms with E-state index in [4.69, 9.17) is 9.47 Å². The molecule has 2 aromatic carbocycles. The highest BCUT2D eigenvalue weighted by molar-refractivity contribution is 9.10. The van der Waals surface area contributed by atoms with Crippen molar-refractivity contribution in [2.45, 2.75) is 0 Å². The van der Waals surface area contributed by atoms with Crippen molar-refractivity contribution in [1.29, 1.82) is 0 Å². The van der Waals surface area contributed by atoms with Crippen molar-refractivity contribution in [3.63, 3.8) is 0 Å². The highest BCUT2D eigenvalue weighted by atomic mass is 79.9. The van der Waals surface area contributed by atoms with E-state index in [0.717, 1.165) is 32.6 Å². The van der Waals surface area contributed by atoms with Crippen LogP contribution in [0.5, 0.6) is 11.5 Å². The summed E-state index contributed by atoms with van der Waals surface area (Å²) in [5.74, 6) is 1.76. The van der Waals surface area contributed by atoms with Gasteiger partial charge in [0.1, 0.15) is 19.3 Å². The monoisotopic (exact) mass is 304 g/mol. The minimum absolute atomic E-state index is 0.864. The minimum Gasteiger partial charge on any atom is -0.497 e. The summed E-state index contributed by atoms with van der Waals surface area (Å²) < 4.78 is 11.7. The maximum absolute atomic E-state index is 5.40. The summed E-state index contributed by atoms with van der Waals surface area (Å²) in [5, 5.41) is 0. The highest BCUT2D eigenvalue weighted by Gasteiger charge is 2.08. The number of ether oxygens (including phenoxy) is 2. The Morgan fingerprint density at radius 2 is 1.61 bits per heavy atom. The Kier molecular flexibility index (Phi) is 3.97. The topological polar surface area (TPSA) is 18.5 Å². The van der Waals surface area contributed by atoms with Crippen LogP contribution in [0.2, 0.25) is 0 Å². The molecule has 4 heteroatoms. The molecule has 2 rings (SSSR count). The first-order chi connectivity index (χ1) is 8.65. The lowest BCUT2D eigenvalue weighted by Crippen LogP contribution is -2.07. The number of halogens is 1. The van der Waals surface area contributed by atoms with E-state index in [1.807, 2.05) is 32.1 Å². The SMILES string of the molecule is Bc1cc(-c2cc(Br)ccc2OC)ccc1OC. The molecule has 0 atom stereocenters. The van der Waals surface area contributed by atoms with E-state index < -0.39 is 0 Å². The van der Waals surface area contributed by atoms with Gasteiger partial charge in [-0.15, -0.1) is 0 Å². The van der Waals surface area contributed by atoms with Gasteiger partial charge in [-0.2, -0.15) is 0 Å². The molecule has 0 heterocycles. The summed E-state index contributed by atoms with van der Waals surface area (Å²) in [4.78, 5) is 0. The Morgan fingerprint density at radius 1 is 0.944 bits per heavy atom. The molecule has 0 aromatic heterocycles. The van der Waals surface area contributed by atoms with Gasteiger partial charge in [-0.25, -0.2) is 0 Å². The molecule has 0 bridgehead atoms. The first kappa shape index (κ1) is 13.0. The van der Waals surface area contributed by atoms with Crippen LogP contribution >= 0.6 is 15.9 Å². The van der Waals surface area contributed by atoms with Crippen LogP contribution in [0.4, 0.5) is 0 Å². The molecule has 0 saturated heterocycles. The van der Waals surface area contributed by atoms with Crippen LogP contribution in [-0.2, 0) is 0 Å². The summed E-state index contributed by atoms with van der Waals surface area (Å²) >= 11 is 3.49. The molecule has 0 saturated carbocycles. The second kappa shape index (κ2) is 5.48. The highest BCUT2D eigenvalue weighted by Crippen LogP contribution is 2.32. The molecular weight excluding hydrogens is 291 g/mol. The predicted octanol–water partition coefficient (Wildman–Crippen LogP) is 2.39. The van der Waals surface area contributed by atoms with E-state index in [2.05, 4.69) is 28.1 Å². The Labute approximate surface area is 116 Å². The van der Waals surface area contributed by atoms with E-state index >= 15 is 0 Å². The van der Waals surface area contributed by atoms with E-state index in [9.17, 15) is 0 Å². The lowest BCUT2D eigenvalue weighted by molar-refractivity contribution is 0.416. The van der Waals surface area contributed by atoms with Gasteiger partial charge in [-0.1, -0.05) is 28.1 Å². The van der Waals surface area contributed by atoms with Crippen molar-refractivity contribution in [2.75, 3.05) is 14.2 Å². The summed E-state index contributed by atoms with van der Waals surface area (Å²) in [6.07, 6.45) is 0. The van der Waals surface area contributed by atoms with Gasteiger partial charge in [0.25, 0.3) is 0 Å². The molecule has 0 fully saturated rings. The van der Waals surface area contributed by atoms with Gasteiger partial charge in [0.15, 0.2) is 0 Å². The predicted molar refractivity (Wildman–Crippen MR) is 80.9 cm³/mol. The Bertz CT molecular complexity index is 570. The van der Waals surface area contributed by atoms with Gasteiger partial charge in [0.05, 0.1) is 14.2 Å². The molecule has 2 nitrogen and oxygen atoms in total. The van der Waals surface area contributed by atoms with Crippen molar-refractivity contribution in [2.24, 2.45) is 0 Å². The average Bonchev–Trinajstić information content (AvgIpc) is 2.38. The van der Waals surface area contributed by atoms with Gasteiger partial charge in [0, 0.05) is 10.0 Å². The van der Waals surface area contributed by atoms with Crippen molar-refractivity contribution < 1.29 is 9.47 Å². The smallest absolute Gasteiger partial charge is 0.144 e. The zero-order chi connectivity index (χ0) is 13.1. The molecule has 0 radical (unpaired) electrons. The normalized spacial score (nSPS) is 10.2. The molecule has 0 aliphatic heterocycles. The quantitative estimate of drug-likeness (QED) is 0.811. The molecule has 0 amide bonds. The Morgan fingerprint density at radius 3 is 2.22 bits per heavy atom. The Hall–Kier alpha value is -1.42. The fourth-order valence-corrected chi connectivity index (χ4v) is 2.31. The number of benzene rings is 2. The first-order valence-corrected chi connectivity index (χ1v) is 6.43. The van der Waals surface area contributed by atoms with Crippen molar-refractivity contribution in [1.82, 2.24) is 0 Å². The van der Waals surface area contributed by atoms with E-state index in [0.29, 0.717) is 0 Å². The molecule has 92 valence electrons. The fraction of sp³-hybridized carbons (Fsp3) is 0.143. The summed E-state index contributed by atoms with van der Waals surface area (Å²) in [6.45, 7) is 0. The molecule has 0 aliphatic rings. The van der Waals surface area contributed by atoms with Gasteiger partial charge in [-0.05, 0) is 35.3 Å². The molecule has 0 aliphatic carbocycles. The van der Waals surface area contributed by atoms with Crippen LogP contribution in [0.3, 0.4) is 0 Å². The maximum atomic E-state index is 5.40.